The molecule has 0 bridgehead atoms. The summed E-state index contributed by atoms with van der Waals surface area (Å²) in [4.78, 5) is 24.8. The lowest BCUT2D eigenvalue weighted by atomic mass is 9.94. The maximum absolute atomic E-state index is 12.4. The maximum atomic E-state index is 12.4. The van der Waals surface area contributed by atoms with Crippen LogP contribution in [0.3, 0.4) is 0 Å². The van der Waals surface area contributed by atoms with Crippen LogP contribution >= 0.6 is 0 Å². The van der Waals surface area contributed by atoms with Crippen molar-refractivity contribution in [3.05, 3.63) is 0 Å². The monoisotopic (exact) mass is 311 g/mol. The SMILES string of the molecule is CC1CN(C)CCC1NC(=O)N(CC(=O)O)CC(F)(F)F. The molecule has 21 heavy (non-hydrogen) atoms. The molecule has 2 amide bonds. The van der Waals surface area contributed by atoms with Crippen LogP contribution in [0.4, 0.5) is 18.0 Å². The number of hydrogen-bond donors (Lipinski definition) is 2. The second kappa shape index (κ2) is 6.97. The Balaban J connectivity index is 2.65. The Morgan fingerprint density at radius 3 is 2.52 bits per heavy atom. The first kappa shape index (κ1) is 17.5. The summed E-state index contributed by atoms with van der Waals surface area (Å²) >= 11 is 0. The van der Waals surface area contributed by atoms with E-state index in [1.165, 1.54) is 0 Å². The second-order valence-electron chi connectivity index (χ2n) is 5.45. The van der Waals surface area contributed by atoms with Crippen molar-refractivity contribution in [3.63, 3.8) is 0 Å². The molecule has 0 aromatic heterocycles. The first-order chi connectivity index (χ1) is 9.58. The molecule has 1 rings (SSSR count). The summed E-state index contributed by atoms with van der Waals surface area (Å²) in [6, 6.07) is -1.24. The highest BCUT2D eigenvalue weighted by atomic mass is 19.4. The number of aliphatic carboxylic acids is 1. The number of halogens is 3. The molecule has 122 valence electrons. The number of nitrogens with zero attached hydrogens (tertiary/aromatic N) is 2. The normalized spacial score (nSPS) is 23.7. The molecule has 2 atom stereocenters. The maximum Gasteiger partial charge on any atom is 0.406 e. The number of carbonyl (C=O) groups excluding carboxylic acids is 1. The minimum Gasteiger partial charge on any atom is -0.480 e. The largest absolute Gasteiger partial charge is 0.480 e. The van der Waals surface area contributed by atoms with Crippen LogP contribution in [-0.2, 0) is 4.79 Å². The summed E-state index contributed by atoms with van der Waals surface area (Å²) in [5.41, 5.74) is 0. The van der Waals surface area contributed by atoms with Gasteiger partial charge in [0.05, 0.1) is 0 Å². The van der Waals surface area contributed by atoms with Crippen molar-refractivity contribution in [2.75, 3.05) is 33.2 Å². The fourth-order valence-corrected chi connectivity index (χ4v) is 2.40. The van der Waals surface area contributed by atoms with Crippen LogP contribution in [0.25, 0.3) is 0 Å². The van der Waals surface area contributed by atoms with E-state index in [4.69, 9.17) is 5.11 Å². The smallest absolute Gasteiger partial charge is 0.406 e. The number of rotatable bonds is 4. The van der Waals surface area contributed by atoms with E-state index in [-0.39, 0.29) is 16.9 Å². The van der Waals surface area contributed by atoms with Gasteiger partial charge in [0.1, 0.15) is 13.1 Å². The van der Waals surface area contributed by atoms with Crippen molar-refractivity contribution in [2.45, 2.75) is 25.6 Å². The fourth-order valence-electron chi connectivity index (χ4n) is 2.40. The third-order valence-electron chi connectivity index (χ3n) is 3.40. The van der Waals surface area contributed by atoms with Gasteiger partial charge in [0.25, 0.3) is 0 Å². The van der Waals surface area contributed by atoms with Gasteiger partial charge in [-0.05, 0) is 25.9 Å². The number of nitrogens with one attached hydrogen (secondary N) is 1. The second-order valence-corrected chi connectivity index (χ2v) is 5.45. The molecule has 6 nitrogen and oxygen atoms in total. The minimum atomic E-state index is -4.63. The molecule has 0 aromatic rings. The number of amides is 2. The number of carboxylic acid groups (broad SMARTS) is 1. The average Bonchev–Trinajstić information content (AvgIpc) is 2.29. The molecule has 2 N–H and O–H groups in total. The highest BCUT2D eigenvalue weighted by Crippen LogP contribution is 2.18. The zero-order chi connectivity index (χ0) is 16.2. The van der Waals surface area contributed by atoms with Crippen molar-refractivity contribution in [1.82, 2.24) is 15.1 Å². The van der Waals surface area contributed by atoms with E-state index >= 15 is 0 Å². The van der Waals surface area contributed by atoms with Crippen molar-refractivity contribution >= 4 is 12.0 Å². The Hall–Kier alpha value is -1.51. The molecule has 0 spiro atoms. The third kappa shape index (κ3) is 6.19. The molecular formula is C12H20F3N3O3. The van der Waals surface area contributed by atoms with E-state index in [0.29, 0.717) is 6.42 Å². The van der Waals surface area contributed by atoms with Gasteiger partial charge in [0, 0.05) is 12.6 Å². The molecule has 0 saturated carbocycles. The highest BCUT2D eigenvalue weighted by Gasteiger charge is 2.35. The summed E-state index contributed by atoms with van der Waals surface area (Å²) in [5, 5.41) is 11.1. The zero-order valence-corrected chi connectivity index (χ0v) is 12.0. The summed E-state index contributed by atoms with van der Waals surface area (Å²) in [6.45, 7) is 0.793. The molecule has 1 saturated heterocycles. The Morgan fingerprint density at radius 1 is 1.43 bits per heavy atom. The number of carbonyl (C=O) groups is 2. The predicted octanol–water partition coefficient (Wildman–Crippen LogP) is 0.985. The molecule has 1 aliphatic rings. The highest BCUT2D eigenvalue weighted by molar-refractivity contribution is 5.80. The number of likely N-dealkylation sites (tertiary alicyclic amines) is 1. The van der Waals surface area contributed by atoms with E-state index in [9.17, 15) is 22.8 Å². The van der Waals surface area contributed by atoms with Crippen LogP contribution in [0.1, 0.15) is 13.3 Å². The standard InChI is InChI=1S/C12H20F3N3O3/c1-8-5-17(2)4-3-9(8)16-11(21)18(6-10(19)20)7-12(13,14)15/h8-9H,3-7H2,1-2H3,(H,16,21)(H,19,20). The van der Waals surface area contributed by atoms with Crippen LogP contribution in [0.15, 0.2) is 0 Å². The lowest BCUT2D eigenvalue weighted by Crippen LogP contribution is -2.54. The van der Waals surface area contributed by atoms with Gasteiger partial charge >= 0.3 is 18.2 Å². The molecule has 0 aliphatic carbocycles. The average molecular weight is 311 g/mol. The van der Waals surface area contributed by atoms with Crippen LogP contribution in [-0.4, -0.2) is 72.4 Å². The summed E-state index contributed by atoms with van der Waals surface area (Å²) in [7, 11) is 1.93. The van der Waals surface area contributed by atoms with E-state index in [1.807, 2.05) is 14.0 Å². The first-order valence-electron chi connectivity index (χ1n) is 6.61. The number of piperidine rings is 1. The van der Waals surface area contributed by atoms with Crippen LogP contribution in [0.2, 0.25) is 0 Å². The molecule has 2 unspecified atom stereocenters. The van der Waals surface area contributed by atoms with Crippen LogP contribution in [0.5, 0.6) is 0 Å². The molecule has 1 fully saturated rings. The topological polar surface area (TPSA) is 72.9 Å². The minimum absolute atomic E-state index is 0.0882. The molecule has 9 heteroatoms. The van der Waals surface area contributed by atoms with E-state index in [2.05, 4.69) is 10.2 Å². The van der Waals surface area contributed by atoms with Crippen molar-refractivity contribution in [2.24, 2.45) is 5.92 Å². The number of urea groups is 1. The van der Waals surface area contributed by atoms with Crippen molar-refractivity contribution < 1.29 is 27.9 Å². The van der Waals surface area contributed by atoms with Gasteiger partial charge in [-0.3, -0.25) is 4.79 Å². The molecule has 0 radical (unpaired) electrons. The van der Waals surface area contributed by atoms with Gasteiger partial charge in [0.15, 0.2) is 0 Å². The van der Waals surface area contributed by atoms with Gasteiger partial charge < -0.3 is 20.2 Å². The van der Waals surface area contributed by atoms with Gasteiger partial charge in [0.2, 0.25) is 0 Å². The van der Waals surface area contributed by atoms with Gasteiger partial charge in [-0.15, -0.1) is 0 Å². The molecular weight excluding hydrogens is 291 g/mol. The lowest BCUT2D eigenvalue weighted by Gasteiger charge is -2.36. The molecule has 0 aromatic carbocycles. The van der Waals surface area contributed by atoms with Crippen molar-refractivity contribution in [3.8, 4) is 0 Å². The van der Waals surface area contributed by atoms with Gasteiger partial charge in [-0.25, -0.2) is 4.79 Å². The third-order valence-corrected chi connectivity index (χ3v) is 3.40. The Labute approximate surface area is 120 Å². The molecule has 1 aliphatic heterocycles. The molecule has 1 heterocycles. The Kier molecular flexibility index (Phi) is 5.82. The zero-order valence-electron chi connectivity index (χ0n) is 12.0. The predicted molar refractivity (Wildman–Crippen MR) is 68.9 cm³/mol. The van der Waals surface area contributed by atoms with Crippen LogP contribution < -0.4 is 5.32 Å². The first-order valence-corrected chi connectivity index (χ1v) is 6.61. The van der Waals surface area contributed by atoms with Gasteiger partial charge in [-0.1, -0.05) is 6.92 Å². The number of hydrogen-bond acceptors (Lipinski definition) is 3. The fraction of sp³-hybridized carbons (Fsp3) is 0.833. The Bertz CT molecular complexity index is 390. The summed E-state index contributed by atoms with van der Waals surface area (Å²) < 4.78 is 37.2. The van der Waals surface area contributed by atoms with Gasteiger partial charge in [-0.2, -0.15) is 13.2 Å². The van der Waals surface area contributed by atoms with Crippen molar-refractivity contribution in [1.29, 1.82) is 0 Å². The summed E-state index contributed by atoms with van der Waals surface area (Å²) in [6.07, 6.45) is -4.01. The quantitative estimate of drug-likeness (QED) is 0.812. The number of alkyl halides is 3. The van der Waals surface area contributed by atoms with E-state index in [1.54, 1.807) is 0 Å². The summed E-state index contributed by atoms with van der Waals surface area (Å²) in [5.74, 6) is -1.39. The Morgan fingerprint density at radius 2 is 2.05 bits per heavy atom. The van der Waals surface area contributed by atoms with Crippen LogP contribution in [0, 0.1) is 5.92 Å². The lowest BCUT2D eigenvalue weighted by molar-refractivity contribution is -0.149. The van der Waals surface area contributed by atoms with E-state index < -0.39 is 31.3 Å². The number of carboxylic acids is 1. The van der Waals surface area contributed by atoms with E-state index in [0.717, 1.165) is 13.1 Å².